The first-order valence-corrected chi connectivity index (χ1v) is 9.78. The lowest BCUT2D eigenvalue weighted by molar-refractivity contribution is 0.237. The summed E-state index contributed by atoms with van der Waals surface area (Å²) in [5, 5.41) is 3.55. The topological polar surface area (TPSA) is 59.5 Å². The van der Waals surface area contributed by atoms with Crippen LogP contribution in [0.3, 0.4) is 0 Å². The fraction of sp³-hybridized carbons (Fsp3) is 0.524. The van der Waals surface area contributed by atoms with Gasteiger partial charge in [-0.05, 0) is 25.5 Å². The molecular formula is C21H28N4O2. The van der Waals surface area contributed by atoms with E-state index in [4.69, 9.17) is 14.5 Å². The number of para-hydroxylation sites is 1. The Labute approximate surface area is 160 Å². The molecule has 0 bridgehead atoms. The molecule has 1 unspecified atom stereocenters. The predicted molar refractivity (Wildman–Crippen MR) is 104 cm³/mol. The predicted octanol–water partition coefficient (Wildman–Crippen LogP) is 2.87. The molecule has 6 heteroatoms. The summed E-state index contributed by atoms with van der Waals surface area (Å²) in [7, 11) is 3.37. The summed E-state index contributed by atoms with van der Waals surface area (Å²) in [5.74, 6) is 2.57. The maximum absolute atomic E-state index is 5.58. The van der Waals surface area contributed by atoms with Crippen LogP contribution in [0.2, 0.25) is 0 Å². The first-order valence-electron chi connectivity index (χ1n) is 9.78. The number of fused-ring (bicyclic) bond motifs is 1. The van der Waals surface area contributed by atoms with Gasteiger partial charge in [-0.1, -0.05) is 18.6 Å². The van der Waals surface area contributed by atoms with Crippen LogP contribution in [0.1, 0.15) is 47.9 Å². The van der Waals surface area contributed by atoms with Gasteiger partial charge in [0.05, 0.1) is 20.3 Å². The van der Waals surface area contributed by atoms with Gasteiger partial charge in [0.2, 0.25) is 0 Å². The minimum Gasteiger partial charge on any atom is -0.493 e. The van der Waals surface area contributed by atoms with E-state index in [1.807, 2.05) is 18.3 Å². The Morgan fingerprint density at radius 3 is 2.93 bits per heavy atom. The highest BCUT2D eigenvalue weighted by Crippen LogP contribution is 2.32. The third-order valence-electron chi connectivity index (χ3n) is 5.53. The molecule has 0 saturated carbocycles. The Balaban J connectivity index is 1.47. The number of hydrogen-bond acceptors (Lipinski definition) is 6. The summed E-state index contributed by atoms with van der Waals surface area (Å²) in [4.78, 5) is 12.0. The van der Waals surface area contributed by atoms with E-state index in [-0.39, 0.29) is 0 Å². The van der Waals surface area contributed by atoms with E-state index in [1.54, 1.807) is 14.2 Å². The Hall–Kier alpha value is -2.18. The first-order chi connectivity index (χ1) is 13.3. The Bertz CT molecular complexity index is 790. The summed E-state index contributed by atoms with van der Waals surface area (Å²) >= 11 is 0. The molecule has 3 heterocycles. The molecule has 1 fully saturated rings. The fourth-order valence-electron chi connectivity index (χ4n) is 4.08. The minimum absolute atomic E-state index is 0.322. The number of nitrogens with one attached hydrogen (secondary N) is 1. The van der Waals surface area contributed by atoms with Gasteiger partial charge in [0.15, 0.2) is 11.5 Å². The second kappa shape index (κ2) is 8.23. The second-order valence-corrected chi connectivity index (χ2v) is 7.32. The van der Waals surface area contributed by atoms with Crippen molar-refractivity contribution in [1.82, 2.24) is 20.2 Å². The van der Waals surface area contributed by atoms with Crippen molar-refractivity contribution in [3.05, 3.63) is 47.0 Å². The van der Waals surface area contributed by atoms with Gasteiger partial charge in [0.1, 0.15) is 5.82 Å². The highest BCUT2D eigenvalue weighted by atomic mass is 16.5. The van der Waals surface area contributed by atoms with Gasteiger partial charge in [0, 0.05) is 49.1 Å². The molecule has 1 aromatic carbocycles. The van der Waals surface area contributed by atoms with Crippen LogP contribution in [0.5, 0.6) is 11.5 Å². The van der Waals surface area contributed by atoms with Gasteiger partial charge >= 0.3 is 0 Å². The summed E-state index contributed by atoms with van der Waals surface area (Å²) in [5.41, 5.74) is 3.59. The van der Waals surface area contributed by atoms with Gasteiger partial charge < -0.3 is 14.8 Å². The molecule has 1 aromatic heterocycles. The summed E-state index contributed by atoms with van der Waals surface area (Å²) in [6, 6.07) is 6.37. The van der Waals surface area contributed by atoms with Crippen LogP contribution in [0.4, 0.5) is 0 Å². The molecule has 27 heavy (non-hydrogen) atoms. The van der Waals surface area contributed by atoms with Gasteiger partial charge in [-0.2, -0.15) is 0 Å². The number of methoxy groups -OCH3 is 2. The smallest absolute Gasteiger partial charge is 0.165 e. The number of nitrogens with zero attached hydrogens (tertiary/aromatic N) is 3. The van der Waals surface area contributed by atoms with E-state index in [2.05, 4.69) is 21.3 Å². The summed E-state index contributed by atoms with van der Waals surface area (Å²) < 4.78 is 11.0. The maximum Gasteiger partial charge on any atom is 0.165 e. The molecule has 0 amide bonds. The van der Waals surface area contributed by atoms with Crippen molar-refractivity contribution < 1.29 is 9.47 Å². The monoisotopic (exact) mass is 368 g/mol. The molecule has 1 N–H and O–H groups in total. The molecule has 2 aromatic rings. The molecule has 1 saturated heterocycles. The average molecular weight is 368 g/mol. The van der Waals surface area contributed by atoms with E-state index >= 15 is 0 Å². The number of aromatic nitrogens is 2. The van der Waals surface area contributed by atoms with E-state index in [0.717, 1.165) is 61.9 Å². The normalized spacial score (nSPS) is 20.1. The molecule has 0 aliphatic carbocycles. The summed E-state index contributed by atoms with van der Waals surface area (Å²) in [6.07, 6.45) is 6.64. The maximum atomic E-state index is 5.58. The quantitative estimate of drug-likeness (QED) is 0.876. The number of hydrogen-bond donors (Lipinski definition) is 1. The third-order valence-corrected chi connectivity index (χ3v) is 5.53. The lowest BCUT2D eigenvalue weighted by Gasteiger charge is -2.29. The second-order valence-electron chi connectivity index (χ2n) is 7.32. The van der Waals surface area contributed by atoms with Crippen molar-refractivity contribution in [2.24, 2.45) is 0 Å². The molecule has 4 rings (SSSR count). The molecule has 0 radical (unpaired) electrons. The van der Waals surface area contributed by atoms with Crippen molar-refractivity contribution in [1.29, 1.82) is 0 Å². The number of piperidine rings is 1. The van der Waals surface area contributed by atoms with E-state index in [0.29, 0.717) is 6.04 Å². The van der Waals surface area contributed by atoms with Crippen LogP contribution in [-0.2, 0) is 19.5 Å². The molecule has 144 valence electrons. The summed E-state index contributed by atoms with van der Waals surface area (Å²) in [6.45, 7) is 3.75. The van der Waals surface area contributed by atoms with Crippen LogP contribution < -0.4 is 14.8 Å². The number of rotatable bonds is 5. The Morgan fingerprint density at radius 1 is 1.22 bits per heavy atom. The molecule has 2 aliphatic heterocycles. The zero-order chi connectivity index (χ0) is 18.6. The van der Waals surface area contributed by atoms with Gasteiger partial charge in [-0.3, -0.25) is 4.90 Å². The largest absolute Gasteiger partial charge is 0.493 e. The zero-order valence-electron chi connectivity index (χ0n) is 16.2. The molecule has 6 nitrogen and oxygen atoms in total. The minimum atomic E-state index is 0.322. The van der Waals surface area contributed by atoms with Crippen LogP contribution in [0, 0.1) is 0 Å². The number of benzene rings is 1. The average Bonchev–Trinajstić information content (AvgIpc) is 2.73. The Kier molecular flexibility index (Phi) is 5.55. The fourth-order valence-corrected chi connectivity index (χ4v) is 4.08. The first kappa shape index (κ1) is 18.2. The van der Waals surface area contributed by atoms with E-state index in [1.165, 1.54) is 24.1 Å². The van der Waals surface area contributed by atoms with Crippen molar-refractivity contribution in [2.45, 2.75) is 44.8 Å². The van der Waals surface area contributed by atoms with Gasteiger partial charge in [-0.15, -0.1) is 0 Å². The van der Waals surface area contributed by atoms with Crippen molar-refractivity contribution in [2.75, 3.05) is 27.3 Å². The number of ether oxygens (including phenoxy) is 2. The highest BCUT2D eigenvalue weighted by Gasteiger charge is 2.23. The standard InChI is InChI=1S/C21H28N4O2/c1-26-19-8-5-6-15(20(19)27-2)13-25-11-9-17-16(14-25)12-23-21(24-17)18-7-3-4-10-22-18/h5-6,8,12,18,22H,3-4,7,9-11,13-14H2,1-2H3. The van der Waals surface area contributed by atoms with Crippen molar-refractivity contribution in [3.63, 3.8) is 0 Å². The van der Waals surface area contributed by atoms with Crippen LogP contribution in [-0.4, -0.2) is 42.2 Å². The Morgan fingerprint density at radius 2 is 2.15 bits per heavy atom. The van der Waals surface area contributed by atoms with E-state index in [9.17, 15) is 0 Å². The highest BCUT2D eigenvalue weighted by molar-refractivity contribution is 5.46. The van der Waals surface area contributed by atoms with Crippen LogP contribution in [0.25, 0.3) is 0 Å². The third kappa shape index (κ3) is 3.92. The lowest BCUT2D eigenvalue weighted by atomic mass is 10.0. The molecule has 2 aliphatic rings. The molecular weight excluding hydrogens is 340 g/mol. The van der Waals surface area contributed by atoms with Crippen LogP contribution >= 0.6 is 0 Å². The molecule has 1 atom stereocenters. The molecule has 0 spiro atoms. The van der Waals surface area contributed by atoms with Crippen molar-refractivity contribution in [3.8, 4) is 11.5 Å². The van der Waals surface area contributed by atoms with Crippen molar-refractivity contribution >= 4 is 0 Å². The lowest BCUT2D eigenvalue weighted by Crippen LogP contribution is -2.33. The van der Waals surface area contributed by atoms with Gasteiger partial charge in [0.25, 0.3) is 0 Å². The zero-order valence-corrected chi connectivity index (χ0v) is 16.2. The van der Waals surface area contributed by atoms with Gasteiger partial charge in [-0.25, -0.2) is 9.97 Å². The van der Waals surface area contributed by atoms with E-state index < -0.39 is 0 Å². The SMILES string of the molecule is COc1cccc(CN2CCc3nc(C4CCCCN4)ncc3C2)c1OC. The van der Waals surface area contributed by atoms with Crippen LogP contribution in [0.15, 0.2) is 24.4 Å².